The molecule has 0 atom stereocenters. The van der Waals surface area contributed by atoms with E-state index in [0.29, 0.717) is 5.69 Å². The summed E-state index contributed by atoms with van der Waals surface area (Å²) in [6.45, 7) is 2.15. The maximum atomic E-state index is 10.3. The van der Waals surface area contributed by atoms with Crippen LogP contribution in [-0.4, -0.2) is 16.3 Å². The second-order valence-corrected chi connectivity index (χ2v) is 3.37. The molecule has 1 fully saturated rings. The number of hydrogen-bond acceptors (Lipinski definition) is 2. The van der Waals surface area contributed by atoms with Gasteiger partial charge in [-0.2, -0.15) is 0 Å². The van der Waals surface area contributed by atoms with Crippen molar-refractivity contribution in [2.24, 2.45) is 0 Å². The summed E-state index contributed by atoms with van der Waals surface area (Å²) >= 11 is 0. The Morgan fingerprint density at radius 1 is 1.73 bits per heavy atom. The van der Waals surface area contributed by atoms with Crippen molar-refractivity contribution in [1.82, 2.24) is 9.97 Å². The lowest BCUT2D eigenvalue weighted by molar-refractivity contribution is 0.111. The van der Waals surface area contributed by atoms with Gasteiger partial charge in [0.05, 0.1) is 11.9 Å². The van der Waals surface area contributed by atoms with Gasteiger partial charge < -0.3 is 4.98 Å². The number of nitrogens with one attached hydrogen (secondary N) is 1. The first-order valence-electron chi connectivity index (χ1n) is 3.75. The molecular weight excluding hydrogens is 140 g/mol. The Morgan fingerprint density at radius 3 is 2.91 bits per heavy atom. The van der Waals surface area contributed by atoms with Crippen LogP contribution in [0.25, 0.3) is 0 Å². The average Bonchev–Trinajstić information content (AvgIpc) is 2.61. The van der Waals surface area contributed by atoms with Crippen LogP contribution < -0.4 is 0 Å². The molecule has 0 aromatic carbocycles. The SMILES string of the molecule is CC1(c2ncc(C=O)[nH]2)CC1. The number of carbonyl (C=O) groups is 1. The topological polar surface area (TPSA) is 45.8 Å². The molecule has 1 aliphatic carbocycles. The molecule has 0 radical (unpaired) electrons. The molecule has 2 rings (SSSR count). The van der Waals surface area contributed by atoms with Crippen molar-refractivity contribution >= 4 is 6.29 Å². The first-order valence-corrected chi connectivity index (χ1v) is 3.75. The number of imidazole rings is 1. The third-order valence-electron chi connectivity index (χ3n) is 2.29. The molecule has 3 heteroatoms. The molecule has 0 spiro atoms. The number of hydrogen-bond donors (Lipinski definition) is 1. The van der Waals surface area contributed by atoms with Crippen LogP contribution in [0.1, 0.15) is 36.1 Å². The molecule has 0 saturated heterocycles. The lowest BCUT2D eigenvalue weighted by Crippen LogP contribution is -2.02. The van der Waals surface area contributed by atoms with E-state index >= 15 is 0 Å². The molecule has 0 aliphatic heterocycles. The summed E-state index contributed by atoms with van der Waals surface area (Å²) in [5, 5.41) is 0. The average molecular weight is 150 g/mol. The second-order valence-electron chi connectivity index (χ2n) is 3.37. The van der Waals surface area contributed by atoms with Gasteiger partial charge in [0.2, 0.25) is 0 Å². The number of rotatable bonds is 2. The number of nitrogens with zero attached hydrogens (tertiary/aromatic N) is 1. The summed E-state index contributed by atoms with van der Waals surface area (Å²) in [6, 6.07) is 0. The molecule has 3 nitrogen and oxygen atoms in total. The van der Waals surface area contributed by atoms with Crippen molar-refractivity contribution in [1.29, 1.82) is 0 Å². The zero-order valence-electron chi connectivity index (χ0n) is 6.42. The highest BCUT2D eigenvalue weighted by Crippen LogP contribution is 2.45. The van der Waals surface area contributed by atoms with E-state index in [0.717, 1.165) is 12.1 Å². The highest BCUT2D eigenvalue weighted by atomic mass is 16.1. The molecule has 1 aliphatic rings. The molecular formula is C8H10N2O. The quantitative estimate of drug-likeness (QED) is 0.645. The highest BCUT2D eigenvalue weighted by molar-refractivity contribution is 5.71. The minimum absolute atomic E-state index is 0.237. The number of aldehydes is 1. The largest absolute Gasteiger partial charge is 0.339 e. The molecule has 1 heterocycles. The van der Waals surface area contributed by atoms with Crippen LogP contribution in [0.5, 0.6) is 0 Å². The van der Waals surface area contributed by atoms with Gasteiger partial charge in [0.15, 0.2) is 6.29 Å². The molecule has 1 N–H and O–H groups in total. The van der Waals surface area contributed by atoms with Crippen molar-refractivity contribution in [3.63, 3.8) is 0 Å². The van der Waals surface area contributed by atoms with Crippen molar-refractivity contribution < 1.29 is 4.79 Å². The molecule has 1 saturated carbocycles. The Labute approximate surface area is 64.8 Å². The Morgan fingerprint density at radius 2 is 2.45 bits per heavy atom. The summed E-state index contributed by atoms with van der Waals surface area (Å²) in [4.78, 5) is 17.4. The van der Waals surface area contributed by atoms with Gasteiger partial charge in [-0.3, -0.25) is 4.79 Å². The van der Waals surface area contributed by atoms with E-state index < -0.39 is 0 Å². The smallest absolute Gasteiger partial charge is 0.167 e. The monoisotopic (exact) mass is 150 g/mol. The van der Waals surface area contributed by atoms with Gasteiger partial charge in [-0.05, 0) is 12.8 Å². The van der Waals surface area contributed by atoms with Crippen LogP contribution in [0.4, 0.5) is 0 Å². The van der Waals surface area contributed by atoms with E-state index in [-0.39, 0.29) is 5.41 Å². The summed E-state index contributed by atoms with van der Waals surface area (Å²) in [7, 11) is 0. The first kappa shape index (κ1) is 6.58. The Kier molecular flexibility index (Phi) is 1.16. The van der Waals surface area contributed by atoms with E-state index in [1.165, 1.54) is 12.8 Å². The van der Waals surface area contributed by atoms with Crippen molar-refractivity contribution in [2.75, 3.05) is 0 Å². The van der Waals surface area contributed by atoms with Crippen LogP contribution in [0, 0.1) is 0 Å². The molecule has 1 aromatic rings. The van der Waals surface area contributed by atoms with E-state index in [1.54, 1.807) is 6.20 Å². The minimum atomic E-state index is 0.237. The summed E-state index contributed by atoms with van der Waals surface area (Å²) in [6.07, 6.45) is 4.74. The van der Waals surface area contributed by atoms with Gasteiger partial charge in [0.1, 0.15) is 5.82 Å². The fourth-order valence-electron chi connectivity index (χ4n) is 1.13. The van der Waals surface area contributed by atoms with Crippen molar-refractivity contribution in [2.45, 2.75) is 25.2 Å². The molecule has 0 bridgehead atoms. The van der Waals surface area contributed by atoms with E-state index in [1.807, 2.05) is 0 Å². The zero-order valence-corrected chi connectivity index (χ0v) is 6.42. The lowest BCUT2D eigenvalue weighted by atomic mass is 10.1. The highest BCUT2D eigenvalue weighted by Gasteiger charge is 2.41. The van der Waals surface area contributed by atoms with Crippen LogP contribution >= 0.6 is 0 Å². The van der Waals surface area contributed by atoms with Gasteiger partial charge in [-0.25, -0.2) is 4.98 Å². The number of H-pyrrole nitrogens is 1. The third kappa shape index (κ3) is 0.964. The van der Waals surface area contributed by atoms with Gasteiger partial charge in [-0.1, -0.05) is 6.92 Å². The van der Waals surface area contributed by atoms with Crippen LogP contribution in [0.2, 0.25) is 0 Å². The van der Waals surface area contributed by atoms with Gasteiger partial charge in [-0.15, -0.1) is 0 Å². The van der Waals surface area contributed by atoms with Gasteiger partial charge >= 0.3 is 0 Å². The van der Waals surface area contributed by atoms with Crippen LogP contribution in [-0.2, 0) is 5.41 Å². The first-order chi connectivity index (χ1) is 5.24. The number of aromatic nitrogens is 2. The molecule has 0 amide bonds. The summed E-state index contributed by atoms with van der Waals surface area (Å²) < 4.78 is 0. The normalized spacial score (nSPS) is 19.7. The van der Waals surface area contributed by atoms with Crippen molar-refractivity contribution in [3.8, 4) is 0 Å². The lowest BCUT2D eigenvalue weighted by Gasteiger charge is -2.00. The molecule has 58 valence electrons. The second kappa shape index (κ2) is 1.94. The predicted octanol–water partition coefficient (Wildman–Crippen LogP) is 1.27. The summed E-state index contributed by atoms with van der Waals surface area (Å²) in [5.41, 5.74) is 0.814. The summed E-state index contributed by atoms with van der Waals surface area (Å²) in [5.74, 6) is 0.958. The third-order valence-corrected chi connectivity index (χ3v) is 2.29. The fourth-order valence-corrected chi connectivity index (χ4v) is 1.13. The van der Waals surface area contributed by atoms with Gasteiger partial charge in [0, 0.05) is 5.41 Å². The van der Waals surface area contributed by atoms with E-state index in [9.17, 15) is 4.79 Å². The maximum Gasteiger partial charge on any atom is 0.167 e. The predicted molar refractivity (Wildman–Crippen MR) is 40.6 cm³/mol. The van der Waals surface area contributed by atoms with Crippen LogP contribution in [0.15, 0.2) is 6.20 Å². The van der Waals surface area contributed by atoms with Gasteiger partial charge in [0.25, 0.3) is 0 Å². The Balaban J connectivity index is 2.32. The van der Waals surface area contributed by atoms with Crippen LogP contribution in [0.3, 0.4) is 0 Å². The Hall–Kier alpha value is -1.12. The Bertz CT molecular complexity index is 286. The minimum Gasteiger partial charge on any atom is -0.339 e. The number of aromatic amines is 1. The number of carbonyl (C=O) groups excluding carboxylic acids is 1. The zero-order chi connectivity index (χ0) is 7.90. The standard InChI is InChI=1S/C8H10N2O/c1-8(2-3-8)7-9-4-6(5-11)10-7/h4-5H,2-3H2,1H3,(H,9,10). The molecule has 1 aromatic heterocycles. The van der Waals surface area contributed by atoms with Crippen molar-refractivity contribution in [3.05, 3.63) is 17.7 Å². The maximum absolute atomic E-state index is 10.3. The van der Waals surface area contributed by atoms with E-state index in [4.69, 9.17) is 0 Å². The van der Waals surface area contributed by atoms with E-state index in [2.05, 4.69) is 16.9 Å². The molecule has 0 unspecified atom stereocenters. The molecule has 11 heavy (non-hydrogen) atoms. The fraction of sp³-hybridized carbons (Fsp3) is 0.500.